The molecule has 3 N–H and O–H groups in total. The zero-order valence-corrected chi connectivity index (χ0v) is 17.2. The van der Waals surface area contributed by atoms with Crippen LogP contribution in [0.25, 0.3) is 5.65 Å². The van der Waals surface area contributed by atoms with Gasteiger partial charge in [0.2, 0.25) is 0 Å². The second-order valence-corrected chi connectivity index (χ2v) is 7.49. The molecule has 3 heterocycles. The Morgan fingerprint density at radius 3 is 2.81 bits per heavy atom. The predicted molar refractivity (Wildman–Crippen MR) is 109 cm³/mol. The number of hydrogen-bond acceptors (Lipinski definition) is 4. The molecular formula is C19H24BrN5O2. The van der Waals surface area contributed by atoms with Crippen molar-refractivity contribution in [2.75, 3.05) is 13.1 Å². The Labute approximate surface area is 166 Å². The van der Waals surface area contributed by atoms with Gasteiger partial charge in [-0.3, -0.25) is 0 Å². The van der Waals surface area contributed by atoms with Crippen molar-refractivity contribution in [2.45, 2.75) is 32.9 Å². The molecule has 7 nitrogen and oxygen atoms in total. The molecule has 0 saturated carbocycles. The molecule has 0 saturated heterocycles. The number of fused-ring (bicyclic) bond motifs is 1. The molecule has 0 aromatic carbocycles. The molecule has 3 rings (SSSR count). The van der Waals surface area contributed by atoms with Gasteiger partial charge in [0.15, 0.2) is 5.96 Å². The van der Waals surface area contributed by atoms with E-state index in [0.717, 1.165) is 21.6 Å². The zero-order valence-electron chi connectivity index (χ0n) is 15.7. The minimum Gasteiger partial charge on any atom is -0.463 e. The number of nitrogens with zero attached hydrogens (tertiary/aromatic N) is 3. The van der Waals surface area contributed by atoms with Crippen molar-refractivity contribution in [1.29, 1.82) is 0 Å². The monoisotopic (exact) mass is 433 g/mol. The Balaban J connectivity index is 1.68. The summed E-state index contributed by atoms with van der Waals surface area (Å²) in [7, 11) is 0. The Kier molecular flexibility index (Phi) is 5.86. The minimum absolute atomic E-state index is 0.268. The van der Waals surface area contributed by atoms with Crippen molar-refractivity contribution in [3.05, 3.63) is 58.3 Å². The molecule has 0 bridgehead atoms. The Morgan fingerprint density at radius 2 is 2.11 bits per heavy atom. The Morgan fingerprint density at radius 1 is 1.30 bits per heavy atom. The number of nitrogens with one attached hydrogen (secondary N) is 2. The van der Waals surface area contributed by atoms with E-state index in [1.165, 1.54) is 0 Å². The van der Waals surface area contributed by atoms with E-state index >= 15 is 0 Å². The molecule has 8 heteroatoms. The van der Waals surface area contributed by atoms with Crippen molar-refractivity contribution >= 4 is 27.5 Å². The van der Waals surface area contributed by atoms with Crippen LogP contribution in [0, 0.1) is 6.92 Å². The average Bonchev–Trinajstić information content (AvgIpc) is 3.23. The number of imidazole rings is 1. The third kappa shape index (κ3) is 4.90. The molecule has 3 aromatic heterocycles. The number of aryl methyl sites for hydroxylation is 1. The van der Waals surface area contributed by atoms with Crippen LogP contribution in [0.4, 0.5) is 0 Å². The maximum Gasteiger partial charge on any atom is 0.191 e. The molecule has 0 aliphatic heterocycles. The number of aliphatic imine (C=N–C) groups is 1. The third-order valence-corrected chi connectivity index (χ3v) is 4.55. The topological polar surface area (TPSA) is 87.1 Å². The second kappa shape index (κ2) is 8.14. The van der Waals surface area contributed by atoms with Crippen molar-refractivity contribution in [3.63, 3.8) is 0 Å². The third-order valence-electron chi connectivity index (χ3n) is 4.08. The lowest BCUT2D eigenvalue weighted by Crippen LogP contribution is -2.44. The van der Waals surface area contributed by atoms with Crippen LogP contribution in [-0.2, 0) is 12.1 Å². The maximum absolute atomic E-state index is 10.7. The molecule has 144 valence electrons. The number of aromatic nitrogens is 2. The van der Waals surface area contributed by atoms with Gasteiger partial charge in [0.25, 0.3) is 0 Å². The summed E-state index contributed by atoms with van der Waals surface area (Å²) in [5.41, 5.74) is 0.594. The van der Waals surface area contributed by atoms with Gasteiger partial charge in [-0.2, -0.15) is 0 Å². The fourth-order valence-corrected chi connectivity index (χ4v) is 3.01. The van der Waals surface area contributed by atoms with E-state index in [-0.39, 0.29) is 6.54 Å². The first kappa shape index (κ1) is 19.4. The summed E-state index contributed by atoms with van der Waals surface area (Å²) in [5, 5.41) is 17.0. The van der Waals surface area contributed by atoms with Gasteiger partial charge in [-0.1, -0.05) is 0 Å². The molecule has 0 amide bonds. The lowest BCUT2D eigenvalue weighted by molar-refractivity contribution is 0.0378. The summed E-state index contributed by atoms with van der Waals surface area (Å²) in [5.74, 6) is 1.90. The van der Waals surface area contributed by atoms with Crippen LogP contribution in [0.15, 0.2) is 50.5 Å². The number of halogens is 1. The van der Waals surface area contributed by atoms with Crippen LogP contribution in [0.3, 0.4) is 0 Å². The summed E-state index contributed by atoms with van der Waals surface area (Å²) in [6, 6.07) is 7.53. The van der Waals surface area contributed by atoms with Crippen molar-refractivity contribution in [1.82, 2.24) is 20.0 Å². The van der Waals surface area contributed by atoms with Crippen LogP contribution in [0.1, 0.15) is 31.1 Å². The SMILES string of the molecule is CCNC(=NCc1cn2cc(Br)ccc2n1)NCC(C)(O)c1ccc(C)o1. The van der Waals surface area contributed by atoms with Crippen LogP contribution in [-0.4, -0.2) is 33.5 Å². The van der Waals surface area contributed by atoms with Gasteiger partial charge < -0.3 is 24.6 Å². The normalized spacial score (nSPS) is 14.3. The van der Waals surface area contributed by atoms with Crippen LogP contribution in [0.5, 0.6) is 0 Å². The van der Waals surface area contributed by atoms with E-state index in [0.29, 0.717) is 24.8 Å². The molecule has 3 aromatic rings. The highest BCUT2D eigenvalue weighted by Crippen LogP contribution is 2.21. The summed E-state index contributed by atoms with van der Waals surface area (Å²) in [6.45, 7) is 6.97. The smallest absolute Gasteiger partial charge is 0.191 e. The highest BCUT2D eigenvalue weighted by Gasteiger charge is 2.27. The lowest BCUT2D eigenvalue weighted by Gasteiger charge is -2.22. The average molecular weight is 434 g/mol. The highest BCUT2D eigenvalue weighted by molar-refractivity contribution is 9.10. The summed E-state index contributed by atoms with van der Waals surface area (Å²) < 4.78 is 8.50. The minimum atomic E-state index is -1.14. The molecule has 0 fully saturated rings. The van der Waals surface area contributed by atoms with Gasteiger partial charge in [-0.05, 0) is 61.0 Å². The first-order valence-electron chi connectivity index (χ1n) is 8.82. The zero-order chi connectivity index (χ0) is 19.4. The molecule has 0 aliphatic carbocycles. The number of pyridine rings is 1. The van der Waals surface area contributed by atoms with Crippen molar-refractivity contribution in [3.8, 4) is 0 Å². The van der Waals surface area contributed by atoms with Gasteiger partial charge in [0, 0.05) is 23.4 Å². The number of rotatable bonds is 6. The lowest BCUT2D eigenvalue weighted by atomic mass is 10.0. The van der Waals surface area contributed by atoms with E-state index in [1.54, 1.807) is 13.0 Å². The van der Waals surface area contributed by atoms with Gasteiger partial charge in [-0.15, -0.1) is 0 Å². The highest BCUT2D eigenvalue weighted by atomic mass is 79.9. The summed E-state index contributed by atoms with van der Waals surface area (Å²) >= 11 is 3.46. The number of guanidine groups is 1. The Bertz CT molecular complexity index is 945. The predicted octanol–water partition coefficient (Wildman–Crippen LogP) is 2.96. The fourth-order valence-electron chi connectivity index (χ4n) is 2.66. The van der Waals surface area contributed by atoms with Gasteiger partial charge in [0.05, 0.1) is 18.8 Å². The van der Waals surface area contributed by atoms with Crippen molar-refractivity contribution in [2.24, 2.45) is 4.99 Å². The summed E-state index contributed by atoms with van der Waals surface area (Å²) in [6.07, 6.45) is 3.91. The van der Waals surface area contributed by atoms with Crippen LogP contribution in [0.2, 0.25) is 0 Å². The number of hydrogen-bond donors (Lipinski definition) is 3. The largest absolute Gasteiger partial charge is 0.463 e. The molecule has 1 unspecified atom stereocenters. The van der Waals surface area contributed by atoms with Gasteiger partial charge in [0.1, 0.15) is 22.8 Å². The first-order chi connectivity index (χ1) is 12.9. The quantitative estimate of drug-likeness (QED) is 0.410. The van der Waals surface area contributed by atoms with Crippen LogP contribution >= 0.6 is 15.9 Å². The molecule has 0 spiro atoms. The standard InChI is InChI=1S/C19H24BrN5O2/c1-4-21-18(23-12-19(3,26)16-7-5-13(2)27-16)22-9-15-11-25-10-14(20)6-8-17(25)24-15/h5-8,10-11,26H,4,9,12H2,1-3H3,(H2,21,22,23). The fraction of sp³-hybridized carbons (Fsp3) is 0.368. The van der Waals surface area contributed by atoms with Crippen LogP contribution < -0.4 is 10.6 Å². The van der Waals surface area contributed by atoms with E-state index in [4.69, 9.17) is 4.42 Å². The van der Waals surface area contributed by atoms with Gasteiger partial charge >= 0.3 is 0 Å². The number of furan rings is 1. The molecular weight excluding hydrogens is 410 g/mol. The molecule has 0 aliphatic rings. The molecule has 27 heavy (non-hydrogen) atoms. The first-order valence-corrected chi connectivity index (χ1v) is 9.61. The number of aliphatic hydroxyl groups is 1. The van der Waals surface area contributed by atoms with E-state index in [2.05, 4.69) is 36.5 Å². The second-order valence-electron chi connectivity index (χ2n) is 6.58. The maximum atomic E-state index is 10.7. The molecule has 1 atom stereocenters. The Hall–Kier alpha value is -2.32. The van der Waals surface area contributed by atoms with E-state index < -0.39 is 5.60 Å². The summed E-state index contributed by atoms with van der Waals surface area (Å²) in [4.78, 5) is 9.13. The molecule has 0 radical (unpaired) electrons. The van der Waals surface area contributed by atoms with Gasteiger partial charge in [-0.25, -0.2) is 9.98 Å². The van der Waals surface area contributed by atoms with E-state index in [9.17, 15) is 5.11 Å². The van der Waals surface area contributed by atoms with Crippen molar-refractivity contribution < 1.29 is 9.52 Å². The van der Waals surface area contributed by atoms with E-state index in [1.807, 2.05) is 48.8 Å².